The Hall–Kier alpha value is -0.810. The van der Waals surface area contributed by atoms with E-state index in [0.717, 1.165) is 19.4 Å². The van der Waals surface area contributed by atoms with Crippen LogP contribution in [0.2, 0.25) is 0 Å². The van der Waals surface area contributed by atoms with Crippen molar-refractivity contribution in [3.8, 4) is 0 Å². The smallest absolute Gasteiger partial charge is 0.213 e. The first-order valence-electron chi connectivity index (χ1n) is 4.48. The van der Waals surface area contributed by atoms with Gasteiger partial charge in [-0.05, 0) is 33.4 Å². The van der Waals surface area contributed by atoms with Crippen molar-refractivity contribution in [2.75, 3.05) is 20.6 Å². The molecule has 0 amide bonds. The number of nitrogens with one attached hydrogen (secondary N) is 1. The van der Waals surface area contributed by atoms with Crippen molar-refractivity contribution in [2.24, 2.45) is 10.7 Å². The largest absolute Gasteiger partial charge is 0.368 e. The maximum absolute atomic E-state index is 8.53. The van der Waals surface area contributed by atoms with Crippen LogP contribution < -0.4 is 11.2 Å². The van der Waals surface area contributed by atoms with E-state index in [9.17, 15) is 0 Å². The van der Waals surface area contributed by atoms with Crippen molar-refractivity contribution in [3.63, 3.8) is 0 Å². The lowest BCUT2D eigenvalue weighted by Crippen LogP contribution is -2.47. The molecular weight excluding hydrogens is 168 g/mol. The zero-order valence-electron chi connectivity index (χ0n) is 8.25. The topological polar surface area (TPSA) is 73.9 Å². The fraction of sp³-hybridized carbons (Fsp3) is 0.875. The lowest BCUT2D eigenvalue weighted by atomic mass is 9.77. The van der Waals surface area contributed by atoms with Crippen LogP contribution in [0, 0.1) is 0 Å². The summed E-state index contributed by atoms with van der Waals surface area (Å²) in [5, 5.41) is 8.53. The van der Waals surface area contributed by atoms with Crippen LogP contribution in [-0.4, -0.2) is 42.2 Å². The van der Waals surface area contributed by atoms with Crippen LogP contribution >= 0.6 is 0 Å². The van der Waals surface area contributed by atoms with Gasteiger partial charge >= 0.3 is 0 Å². The third-order valence-electron chi connectivity index (χ3n) is 2.37. The minimum atomic E-state index is -0.0662. The molecule has 0 aliphatic heterocycles. The first-order chi connectivity index (χ1) is 6.08. The molecule has 1 rings (SSSR count). The van der Waals surface area contributed by atoms with E-state index in [-0.39, 0.29) is 11.5 Å². The molecule has 0 aromatic heterocycles. The lowest BCUT2D eigenvalue weighted by molar-refractivity contribution is 0.179. The molecule has 1 aliphatic rings. The molecule has 1 aliphatic carbocycles. The van der Waals surface area contributed by atoms with Crippen LogP contribution in [0.3, 0.4) is 0 Å². The molecule has 4 N–H and O–H groups in total. The SMILES string of the molecule is CN(C)CC1(N=C(N)NO)CCC1. The van der Waals surface area contributed by atoms with Gasteiger partial charge in [-0.1, -0.05) is 0 Å². The molecule has 0 saturated heterocycles. The second kappa shape index (κ2) is 3.93. The number of rotatable bonds is 3. The molecule has 0 aromatic carbocycles. The number of likely N-dealkylation sites (N-methyl/N-ethyl adjacent to an activating group) is 1. The van der Waals surface area contributed by atoms with Crippen LogP contribution in [0.1, 0.15) is 19.3 Å². The molecule has 1 fully saturated rings. The predicted octanol–water partition coefficient (Wildman–Crippen LogP) is -0.236. The zero-order chi connectivity index (χ0) is 9.90. The number of hydroxylamine groups is 1. The summed E-state index contributed by atoms with van der Waals surface area (Å²) >= 11 is 0. The van der Waals surface area contributed by atoms with E-state index < -0.39 is 0 Å². The van der Waals surface area contributed by atoms with Crippen molar-refractivity contribution in [3.05, 3.63) is 0 Å². The number of aliphatic imine (C=N–C) groups is 1. The summed E-state index contributed by atoms with van der Waals surface area (Å²) in [6.07, 6.45) is 3.29. The van der Waals surface area contributed by atoms with E-state index in [0.29, 0.717) is 0 Å². The maximum Gasteiger partial charge on any atom is 0.213 e. The van der Waals surface area contributed by atoms with Gasteiger partial charge in [0.2, 0.25) is 5.96 Å². The molecule has 0 radical (unpaired) electrons. The van der Waals surface area contributed by atoms with Gasteiger partial charge in [0, 0.05) is 6.54 Å². The quantitative estimate of drug-likeness (QED) is 0.323. The number of hydrogen-bond acceptors (Lipinski definition) is 3. The maximum atomic E-state index is 8.53. The normalized spacial score (nSPS) is 21.4. The molecule has 0 aromatic rings. The lowest BCUT2D eigenvalue weighted by Gasteiger charge is -2.40. The first-order valence-corrected chi connectivity index (χ1v) is 4.48. The van der Waals surface area contributed by atoms with Gasteiger partial charge in [-0.15, -0.1) is 0 Å². The Morgan fingerprint density at radius 2 is 2.23 bits per heavy atom. The van der Waals surface area contributed by atoms with Gasteiger partial charge < -0.3 is 10.6 Å². The van der Waals surface area contributed by atoms with Crippen LogP contribution in [0.25, 0.3) is 0 Å². The number of nitrogens with zero attached hydrogens (tertiary/aromatic N) is 2. The Labute approximate surface area is 78.6 Å². The number of guanidine groups is 1. The molecule has 0 unspecified atom stereocenters. The van der Waals surface area contributed by atoms with E-state index in [1.54, 1.807) is 0 Å². The van der Waals surface area contributed by atoms with Gasteiger partial charge in [-0.25, -0.2) is 10.5 Å². The fourth-order valence-corrected chi connectivity index (χ4v) is 1.76. The molecule has 13 heavy (non-hydrogen) atoms. The molecule has 0 heterocycles. The van der Waals surface area contributed by atoms with Crippen molar-refractivity contribution < 1.29 is 5.21 Å². The Kier molecular flexibility index (Phi) is 3.11. The molecule has 0 atom stereocenters. The minimum absolute atomic E-state index is 0.0662. The van der Waals surface area contributed by atoms with Gasteiger partial charge in [0.15, 0.2) is 0 Å². The van der Waals surface area contributed by atoms with Gasteiger partial charge in [0.25, 0.3) is 0 Å². The predicted molar refractivity (Wildman–Crippen MR) is 51.7 cm³/mol. The standard InChI is InChI=1S/C8H18N4O/c1-12(2)6-8(4-3-5-8)10-7(9)11-13/h13H,3-6H2,1-2H3,(H3,9,10,11). The second-order valence-electron chi connectivity index (χ2n) is 3.92. The van der Waals surface area contributed by atoms with Crippen molar-refractivity contribution >= 4 is 5.96 Å². The Balaban J connectivity index is 2.59. The molecule has 5 nitrogen and oxygen atoms in total. The van der Waals surface area contributed by atoms with Gasteiger partial charge in [0.1, 0.15) is 0 Å². The average molecular weight is 186 g/mol. The summed E-state index contributed by atoms with van der Waals surface area (Å²) < 4.78 is 0. The van der Waals surface area contributed by atoms with Crippen LogP contribution in [0.15, 0.2) is 4.99 Å². The molecule has 76 valence electrons. The van der Waals surface area contributed by atoms with E-state index >= 15 is 0 Å². The second-order valence-corrected chi connectivity index (χ2v) is 3.92. The van der Waals surface area contributed by atoms with Crippen LogP contribution in [0.5, 0.6) is 0 Å². The molecule has 0 spiro atoms. The van der Waals surface area contributed by atoms with Crippen molar-refractivity contribution in [1.82, 2.24) is 10.4 Å². The highest BCUT2D eigenvalue weighted by Gasteiger charge is 2.37. The van der Waals surface area contributed by atoms with E-state index in [2.05, 4.69) is 9.89 Å². The Bertz CT molecular complexity index is 198. The first kappa shape index (κ1) is 10.3. The van der Waals surface area contributed by atoms with Gasteiger partial charge in [-0.3, -0.25) is 5.21 Å². The molecular formula is C8H18N4O. The van der Waals surface area contributed by atoms with E-state index in [1.165, 1.54) is 6.42 Å². The van der Waals surface area contributed by atoms with Crippen LogP contribution in [0.4, 0.5) is 0 Å². The highest BCUT2D eigenvalue weighted by molar-refractivity contribution is 5.77. The summed E-state index contributed by atoms with van der Waals surface area (Å²) in [5.41, 5.74) is 7.22. The summed E-state index contributed by atoms with van der Waals surface area (Å²) in [6, 6.07) is 0. The number of hydrogen-bond donors (Lipinski definition) is 3. The molecule has 5 heteroatoms. The highest BCUT2D eigenvalue weighted by Crippen LogP contribution is 2.35. The third-order valence-corrected chi connectivity index (χ3v) is 2.37. The highest BCUT2D eigenvalue weighted by atomic mass is 16.5. The summed E-state index contributed by atoms with van der Waals surface area (Å²) in [5.74, 6) is 0.113. The molecule has 0 bridgehead atoms. The number of nitrogens with two attached hydrogens (primary N) is 1. The minimum Gasteiger partial charge on any atom is -0.368 e. The zero-order valence-corrected chi connectivity index (χ0v) is 8.25. The summed E-state index contributed by atoms with van der Waals surface area (Å²) in [7, 11) is 4.02. The Morgan fingerprint density at radius 3 is 2.54 bits per heavy atom. The average Bonchev–Trinajstić information content (AvgIpc) is 1.99. The molecule has 1 saturated carbocycles. The van der Waals surface area contributed by atoms with E-state index in [4.69, 9.17) is 10.9 Å². The van der Waals surface area contributed by atoms with Crippen molar-refractivity contribution in [2.45, 2.75) is 24.8 Å². The fourth-order valence-electron chi connectivity index (χ4n) is 1.76. The van der Waals surface area contributed by atoms with Gasteiger partial charge in [-0.2, -0.15) is 0 Å². The third kappa shape index (κ3) is 2.57. The Morgan fingerprint density at radius 1 is 1.62 bits per heavy atom. The van der Waals surface area contributed by atoms with Crippen LogP contribution in [-0.2, 0) is 0 Å². The summed E-state index contributed by atoms with van der Waals surface area (Å²) in [6.45, 7) is 0.884. The van der Waals surface area contributed by atoms with E-state index in [1.807, 2.05) is 19.6 Å². The van der Waals surface area contributed by atoms with Gasteiger partial charge in [0.05, 0.1) is 5.54 Å². The van der Waals surface area contributed by atoms with Crippen molar-refractivity contribution in [1.29, 1.82) is 0 Å². The summed E-state index contributed by atoms with van der Waals surface area (Å²) in [4.78, 5) is 6.35. The monoisotopic (exact) mass is 186 g/mol.